The lowest BCUT2D eigenvalue weighted by Crippen LogP contribution is -2.52. The molecule has 0 aliphatic carbocycles. The maximum absolute atomic E-state index is 13.4. The zero-order valence-electron chi connectivity index (χ0n) is 18.9. The van der Waals surface area contributed by atoms with Crippen LogP contribution in [0.3, 0.4) is 0 Å². The van der Waals surface area contributed by atoms with Crippen molar-refractivity contribution in [1.82, 2.24) is 10.2 Å². The average molecular weight is 462 g/mol. The van der Waals surface area contributed by atoms with E-state index < -0.39 is 28.5 Å². The highest BCUT2D eigenvalue weighted by Crippen LogP contribution is 2.22. The van der Waals surface area contributed by atoms with Gasteiger partial charge in [-0.1, -0.05) is 37.3 Å². The summed E-state index contributed by atoms with van der Waals surface area (Å²) >= 11 is 0. The predicted molar refractivity (Wildman–Crippen MR) is 125 cm³/mol. The number of benzene rings is 2. The SMILES string of the molecule is CCNC(=O)[C@@H](CC)N(Cc1ccccc1)C(=O)CN(c1ccc(OC)cc1)S(C)(=O)=O. The Morgan fingerprint density at radius 1 is 1.03 bits per heavy atom. The lowest BCUT2D eigenvalue weighted by molar-refractivity contribution is -0.140. The molecule has 174 valence electrons. The van der Waals surface area contributed by atoms with E-state index in [2.05, 4.69) is 5.32 Å². The second-order valence-electron chi connectivity index (χ2n) is 7.29. The lowest BCUT2D eigenvalue weighted by atomic mass is 10.1. The molecule has 9 heteroatoms. The Morgan fingerprint density at radius 3 is 2.16 bits per heavy atom. The van der Waals surface area contributed by atoms with E-state index in [1.165, 1.54) is 12.0 Å². The predicted octanol–water partition coefficient (Wildman–Crippen LogP) is 2.40. The van der Waals surface area contributed by atoms with Crippen molar-refractivity contribution in [2.75, 3.05) is 30.8 Å². The molecule has 2 aromatic rings. The van der Waals surface area contributed by atoms with E-state index in [1.807, 2.05) is 44.2 Å². The Kier molecular flexibility index (Phi) is 9.07. The van der Waals surface area contributed by atoms with Crippen LogP contribution in [0.25, 0.3) is 0 Å². The maximum Gasteiger partial charge on any atom is 0.244 e. The second kappa shape index (κ2) is 11.5. The van der Waals surface area contributed by atoms with Crippen LogP contribution >= 0.6 is 0 Å². The Hall–Kier alpha value is -3.07. The van der Waals surface area contributed by atoms with Crippen LogP contribution in [0, 0.1) is 0 Å². The zero-order chi connectivity index (χ0) is 23.7. The molecule has 0 unspecified atom stereocenters. The van der Waals surface area contributed by atoms with Gasteiger partial charge in [0, 0.05) is 13.1 Å². The molecule has 1 atom stereocenters. The molecule has 32 heavy (non-hydrogen) atoms. The summed E-state index contributed by atoms with van der Waals surface area (Å²) in [5, 5.41) is 2.77. The number of nitrogens with one attached hydrogen (secondary N) is 1. The van der Waals surface area contributed by atoms with Gasteiger partial charge in [-0.05, 0) is 43.2 Å². The molecule has 2 amide bonds. The fraction of sp³-hybridized carbons (Fsp3) is 0.391. The minimum Gasteiger partial charge on any atom is -0.497 e. The smallest absolute Gasteiger partial charge is 0.244 e. The van der Waals surface area contributed by atoms with Crippen LogP contribution in [0.5, 0.6) is 5.75 Å². The van der Waals surface area contributed by atoms with Gasteiger partial charge in [-0.25, -0.2) is 8.42 Å². The summed E-state index contributed by atoms with van der Waals surface area (Å²) in [6.45, 7) is 3.83. The molecule has 8 nitrogen and oxygen atoms in total. The molecule has 0 fully saturated rings. The van der Waals surface area contributed by atoms with Crippen molar-refractivity contribution in [2.24, 2.45) is 0 Å². The standard InChI is InChI=1S/C23H31N3O5S/c1-5-21(23(28)24-6-2)25(16-18-10-8-7-9-11-18)22(27)17-26(32(4,29)30)19-12-14-20(31-3)15-13-19/h7-15,21H,5-6,16-17H2,1-4H3,(H,24,28)/t21-/m1/s1. The molecule has 0 bridgehead atoms. The molecule has 0 aliphatic rings. The highest BCUT2D eigenvalue weighted by atomic mass is 32.2. The minimum atomic E-state index is -3.76. The molecular formula is C23H31N3O5S. The molecule has 0 heterocycles. The number of carbonyl (C=O) groups excluding carboxylic acids is 2. The lowest BCUT2D eigenvalue weighted by Gasteiger charge is -2.32. The van der Waals surface area contributed by atoms with Gasteiger partial charge in [-0.2, -0.15) is 0 Å². The molecule has 0 radical (unpaired) electrons. The fourth-order valence-electron chi connectivity index (χ4n) is 3.35. The number of methoxy groups -OCH3 is 1. The van der Waals surface area contributed by atoms with Gasteiger partial charge in [0.05, 0.1) is 19.1 Å². The highest BCUT2D eigenvalue weighted by Gasteiger charge is 2.31. The van der Waals surface area contributed by atoms with Crippen molar-refractivity contribution in [3.63, 3.8) is 0 Å². The van der Waals surface area contributed by atoms with Crippen molar-refractivity contribution < 1.29 is 22.7 Å². The number of likely N-dealkylation sites (N-methyl/N-ethyl adjacent to an activating group) is 1. The number of amides is 2. The van der Waals surface area contributed by atoms with E-state index in [1.54, 1.807) is 24.3 Å². The maximum atomic E-state index is 13.4. The molecule has 2 rings (SSSR count). The van der Waals surface area contributed by atoms with Gasteiger partial charge in [-0.15, -0.1) is 0 Å². The van der Waals surface area contributed by atoms with Crippen LogP contribution in [0.1, 0.15) is 25.8 Å². The molecule has 0 aromatic heterocycles. The van der Waals surface area contributed by atoms with E-state index in [0.717, 1.165) is 16.1 Å². The topological polar surface area (TPSA) is 96.0 Å². The summed E-state index contributed by atoms with van der Waals surface area (Å²) in [5.74, 6) is -0.163. The van der Waals surface area contributed by atoms with Gasteiger partial charge >= 0.3 is 0 Å². The Morgan fingerprint density at radius 2 is 1.66 bits per heavy atom. The summed E-state index contributed by atoms with van der Waals surface area (Å²) in [7, 11) is -2.24. The first-order valence-corrected chi connectivity index (χ1v) is 12.3. The normalized spacial score (nSPS) is 12.0. The molecule has 0 saturated carbocycles. The van der Waals surface area contributed by atoms with Crippen LogP contribution in [0.4, 0.5) is 5.69 Å². The van der Waals surface area contributed by atoms with Crippen molar-refractivity contribution in [3.8, 4) is 5.75 Å². The Labute approximate surface area is 190 Å². The molecule has 0 saturated heterocycles. The first-order chi connectivity index (χ1) is 15.2. The molecular weight excluding hydrogens is 430 g/mol. The minimum absolute atomic E-state index is 0.190. The van der Waals surface area contributed by atoms with Crippen LogP contribution in [0.2, 0.25) is 0 Å². The Balaban J connectivity index is 2.39. The van der Waals surface area contributed by atoms with Gasteiger partial charge in [0.1, 0.15) is 18.3 Å². The summed E-state index contributed by atoms with van der Waals surface area (Å²) in [4.78, 5) is 27.6. The summed E-state index contributed by atoms with van der Waals surface area (Å²) in [5.41, 5.74) is 1.19. The van der Waals surface area contributed by atoms with Crippen LogP contribution in [-0.4, -0.2) is 57.6 Å². The summed E-state index contributed by atoms with van der Waals surface area (Å²) in [6.07, 6.45) is 1.44. The molecule has 2 aromatic carbocycles. The molecule has 0 aliphatic heterocycles. The van der Waals surface area contributed by atoms with Crippen molar-refractivity contribution >= 4 is 27.5 Å². The zero-order valence-corrected chi connectivity index (χ0v) is 19.8. The quantitative estimate of drug-likeness (QED) is 0.554. The highest BCUT2D eigenvalue weighted by molar-refractivity contribution is 7.92. The van der Waals surface area contributed by atoms with E-state index in [0.29, 0.717) is 24.4 Å². The van der Waals surface area contributed by atoms with Gasteiger partial charge < -0.3 is 15.0 Å². The molecule has 0 spiro atoms. The van der Waals surface area contributed by atoms with Crippen molar-refractivity contribution in [1.29, 1.82) is 0 Å². The summed E-state index contributed by atoms with van der Waals surface area (Å²) < 4.78 is 31.2. The number of anilines is 1. The Bertz CT molecular complexity index is 994. The number of rotatable bonds is 11. The first-order valence-electron chi connectivity index (χ1n) is 10.4. The van der Waals surface area contributed by atoms with Gasteiger partial charge in [0.2, 0.25) is 21.8 Å². The number of nitrogens with zero attached hydrogens (tertiary/aromatic N) is 2. The van der Waals surface area contributed by atoms with Crippen LogP contribution < -0.4 is 14.4 Å². The van der Waals surface area contributed by atoms with E-state index in [4.69, 9.17) is 4.74 Å². The average Bonchev–Trinajstić information content (AvgIpc) is 2.77. The molecule has 1 N–H and O–H groups in total. The number of ether oxygens (including phenoxy) is 1. The third-order valence-corrected chi connectivity index (χ3v) is 6.11. The largest absolute Gasteiger partial charge is 0.497 e. The van der Waals surface area contributed by atoms with Crippen molar-refractivity contribution in [2.45, 2.75) is 32.9 Å². The fourth-order valence-corrected chi connectivity index (χ4v) is 4.20. The first kappa shape index (κ1) is 25.2. The van der Waals surface area contributed by atoms with Gasteiger partial charge in [0.15, 0.2) is 0 Å². The summed E-state index contributed by atoms with van der Waals surface area (Å²) in [6, 6.07) is 15.0. The number of sulfonamides is 1. The third kappa shape index (κ3) is 6.71. The number of hydrogen-bond acceptors (Lipinski definition) is 5. The van der Waals surface area contributed by atoms with Gasteiger partial charge in [0.25, 0.3) is 0 Å². The van der Waals surface area contributed by atoms with Crippen LogP contribution in [-0.2, 0) is 26.2 Å². The van der Waals surface area contributed by atoms with Crippen molar-refractivity contribution in [3.05, 3.63) is 60.2 Å². The van der Waals surface area contributed by atoms with Gasteiger partial charge in [-0.3, -0.25) is 13.9 Å². The third-order valence-electron chi connectivity index (χ3n) is 4.97. The van der Waals surface area contributed by atoms with E-state index in [-0.39, 0.29) is 12.5 Å². The monoisotopic (exact) mass is 461 g/mol. The van der Waals surface area contributed by atoms with E-state index >= 15 is 0 Å². The second-order valence-corrected chi connectivity index (χ2v) is 9.20. The number of hydrogen-bond donors (Lipinski definition) is 1. The van der Waals surface area contributed by atoms with Crippen LogP contribution in [0.15, 0.2) is 54.6 Å². The van der Waals surface area contributed by atoms with E-state index in [9.17, 15) is 18.0 Å². The number of carbonyl (C=O) groups is 2.